The van der Waals surface area contributed by atoms with Crippen LogP contribution < -0.4 is 5.73 Å². The van der Waals surface area contributed by atoms with E-state index in [0.717, 1.165) is 10.8 Å². The van der Waals surface area contributed by atoms with Gasteiger partial charge in [-0.25, -0.2) is 4.98 Å². The molecule has 0 radical (unpaired) electrons. The molecule has 60 valence electrons. The molecule has 1 aromatic rings. The predicted molar refractivity (Wildman–Crippen MR) is 48.8 cm³/mol. The summed E-state index contributed by atoms with van der Waals surface area (Å²) >= 11 is 1.70. The van der Waals surface area contributed by atoms with Crippen molar-refractivity contribution in [2.24, 2.45) is 5.73 Å². The van der Waals surface area contributed by atoms with E-state index in [4.69, 9.17) is 5.73 Å². The molecule has 2 nitrogen and oxygen atoms in total. The van der Waals surface area contributed by atoms with Gasteiger partial charge in [0.15, 0.2) is 0 Å². The zero-order valence-electron chi connectivity index (χ0n) is 6.58. The molecule has 0 spiro atoms. The molecule has 0 amide bonds. The van der Waals surface area contributed by atoms with E-state index in [1.54, 1.807) is 11.8 Å². The van der Waals surface area contributed by atoms with Crippen LogP contribution in [0.15, 0.2) is 23.4 Å². The Labute approximate surface area is 71.2 Å². The molecule has 1 aromatic heterocycles. The van der Waals surface area contributed by atoms with E-state index in [1.807, 2.05) is 12.3 Å². The van der Waals surface area contributed by atoms with Crippen molar-refractivity contribution in [3.63, 3.8) is 0 Å². The van der Waals surface area contributed by atoms with Crippen LogP contribution in [0, 0.1) is 6.92 Å². The van der Waals surface area contributed by atoms with E-state index < -0.39 is 0 Å². The number of rotatable bonds is 3. The van der Waals surface area contributed by atoms with Gasteiger partial charge in [-0.05, 0) is 24.6 Å². The first kappa shape index (κ1) is 8.56. The molecular weight excluding hydrogens is 156 g/mol. The Morgan fingerprint density at radius 3 is 3.09 bits per heavy atom. The van der Waals surface area contributed by atoms with Crippen LogP contribution in [0.4, 0.5) is 0 Å². The summed E-state index contributed by atoms with van der Waals surface area (Å²) in [5.41, 5.74) is 6.62. The van der Waals surface area contributed by atoms with Gasteiger partial charge in [0.25, 0.3) is 0 Å². The van der Waals surface area contributed by atoms with Gasteiger partial charge < -0.3 is 5.73 Å². The molecule has 0 unspecified atom stereocenters. The minimum absolute atomic E-state index is 0.709. The largest absolute Gasteiger partial charge is 0.330 e. The zero-order valence-corrected chi connectivity index (χ0v) is 7.40. The molecule has 0 aliphatic rings. The quantitative estimate of drug-likeness (QED) is 0.694. The van der Waals surface area contributed by atoms with Crippen molar-refractivity contribution in [1.29, 1.82) is 0 Å². The molecule has 2 N–H and O–H groups in total. The first-order valence-electron chi connectivity index (χ1n) is 3.58. The van der Waals surface area contributed by atoms with Crippen molar-refractivity contribution in [3.8, 4) is 0 Å². The van der Waals surface area contributed by atoms with Crippen LogP contribution in [0.3, 0.4) is 0 Å². The van der Waals surface area contributed by atoms with Crippen LogP contribution >= 0.6 is 11.8 Å². The normalized spacial score (nSPS) is 10.0. The topological polar surface area (TPSA) is 38.9 Å². The summed E-state index contributed by atoms with van der Waals surface area (Å²) in [4.78, 5) is 4.18. The maximum absolute atomic E-state index is 5.37. The van der Waals surface area contributed by atoms with Crippen molar-refractivity contribution in [3.05, 3.63) is 23.9 Å². The molecule has 0 aliphatic heterocycles. The van der Waals surface area contributed by atoms with Crippen LogP contribution in [-0.2, 0) is 0 Å². The first-order valence-corrected chi connectivity index (χ1v) is 4.57. The van der Waals surface area contributed by atoms with Gasteiger partial charge in [-0.1, -0.05) is 0 Å². The molecule has 0 saturated carbocycles. The lowest BCUT2D eigenvalue weighted by Crippen LogP contribution is -2.01. The van der Waals surface area contributed by atoms with Crippen molar-refractivity contribution in [2.75, 3.05) is 12.3 Å². The van der Waals surface area contributed by atoms with Gasteiger partial charge in [0.2, 0.25) is 0 Å². The molecule has 1 heterocycles. The van der Waals surface area contributed by atoms with Crippen molar-refractivity contribution in [2.45, 2.75) is 11.9 Å². The van der Waals surface area contributed by atoms with E-state index in [9.17, 15) is 0 Å². The molecule has 0 fully saturated rings. The fourth-order valence-electron chi connectivity index (χ4n) is 0.751. The Kier molecular flexibility index (Phi) is 3.39. The Bertz CT molecular complexity index is 225. The van der Waals surface area contributed by atoms with E-state index in [-0.39, 0.29) is 0 Å². The molecule has 3 heteroatoms. The molecule has 11 heavy (non-hydrogen) atoms. The first-order chi connectivity index (χ1) is 5.33. The van der Waals surface area contributed by atoms with E-state index >= 15 is 0 Å². The number of nitrogens with zero attached hydrogens (tertiary/aromatic N) is 1. The summed E-state index contributed by atoms with van der Waals surface area (Å²) in [6.07, 6.45) is 1.83. The SMILES string of the molecule is Cc1ccnc(SCCN)c1. The number of aryl methyl sites for hydroxylation is 1. The summed E-state index contributed by atoms with van der Waals surface area (Å²) < 4.78 is 0. The standard InChI is InChI=1S/C8H12N2S/c1-7-2-4-10-8(6-7)11-5-3-9/h2,4,6H,3,5,9H2,1H3. The summed E-state index contributed by atoms with van der Waals surface area (Å²) in [5, 5.41) is 1.07. The highest BCUT2D eigenvalue weighted by Gasteiger charge is 1.92. The van der Waals surface area contributed by atoms with Crippen LogP contribution in [0.2, 0.25) is 0 Å². The fourth-order valence-corrected chi connectivity index (χ4v) is 1.48. The van der Waals surface area contributed by atoms with Crippen molar-refractivity contribution < 1.29 is 0 Å². The maximum atomic E-state index is 5.37. The van der Waals surface area contributed by atoms with Gasteiger partial charge in [0.05, 0.1) is 5.03 Å². The number of aromatic nitrogens is 1. The van der Waals surface area contributed by atoms with Gasteiger partial charge in [-0.15, -0.1) is 11.8 Å². The van der Waals surface area contributed by atoms with Crippen LogP contribution in [0.1, 0.15) is 5.56 Å². The number of hydrogen-bond acceptors (Lipinski definition) is 3. The monoisotopic (exact) mass is 168 g/mol. The van der Waals surface area contributed by atoms with Crippen molar-refractivity contribution >= 4 is 11.8 Å². The average molecular weight is 168 g/mol. The van der Waals surface area contributed by atoms with Gasteiger partial charge in [-0.2, -0.15) is 0 Å². The van der Waals surface area contributed by atoms with Gasteiger partial charge >= 0.3 is 0 Å². The summed E-state index contributed by atoms with van der Waals surface area (Å²) in [5.74, 6) is 0.941. The Morgan fingerprint density at radius 1 is 1.64 bits per heavy atom. The molecule has 0 saturated heterocycles. The minimum Gasteiger partial charge on any atom is -0.330 e. The second-order valence-electron chi connectivity index (χ2n) is 2.31. The molecule has 0 aromatic carbocycles. The van der Waals surface area contributed by atoms with Gasteiger partial charge in [-0.3, -0.25) is 0 Å². The van der Waals surface area contributed by atoms with E-state index in [2.05, 4.69) is 18.0 Å². The van der Waals surface area contributed by atoms with Crippen LogP contribution in [0.5, 0.6) is 0 Å². The second-order valence-corrected chi connectivity index (χ2v) is 3.42. The molecule has 1 rings (SSSR count). The third-order valence-electron chi connectivity index (χ3n) is 1.26. The van der Waals surface area contributed by atoms with Crippen LogP contribution in [-0.4, -0.2) is 17.3 Å². The Hall–Kier alpha value is -0.540. The molecular formula is C8H12N2S. The van der Waals surface area contributed by atoms with E-state index in [1.165, 1.54) is 5.56 Å². The molecule has 0 atom stereocenters. The lowest BCUT2D eigenvalue weighted by molar-refractivity contribution is 1.09. The fraction of sp³-hybridized carbons (Fsp3) is 0.375. The number of pyridine rings is 1. The molecule has 0 aliphatic carbocycles. The lowest BCUT2D eigenvalue weighted by atomic mass is 10.3. The summed E-state index contributed by atoms with van der Waals surface area (Å²) in [7, 11) is 0. The van der Waals surface area contributed by atoms with Crippen LogP contribution in [0.25, 0.3) is 0 Å². The second kappa shape index (κ2) is 4.36. The lowest BCUT2D eigenvalue weighted by Gasteiger charge is -1.98. The zero-order chi connectivity index (χ0) is 8.10. The average Bonchev–Trinajstić information content (AvgIpc) is 2.01. The number of thioether (sulfide) groups is 1. The van der Waals surface area contributed by atoms with Gasteiger partial charge in [0.1, 0.15) is 0 Å². The highest BCUT2D eigenvalue weighted by Crippen LogP contribution is 2.14. The third-order valence-corrected chi connectivity index (χ3v) is 2.22. The smallest absolute Gasteiger partial charge is 0.0962 e. The predicted octanol–water partition coefficient (Wildman–Crippen LogP) is 1.44. The highest BCUT2D eigenvalue weighted by atomic mass is 32.2. The molecule has 0 bridgehead atoms. The third kappa shape index (κ3) is 2.91. The number of hydrogen-bond donors (Lipinski definition) is 1. The summed E-state index contributed by atoms with van der Waals surface area (Å²) in [6.45, 7) is 2.77. The van der Waals surface area contributed by atoms with Gasteiger partial charge in [0, 0.05) is 18.5 Å². The number of nitrogens with two attached hydrogens (primary N) is 1. The van der Waals surface area contributed by atoms with E-state index in [0.29, 0.717) is 6.54 Å². The minimum atomic E-state index is 0.709. The Balaban J connectivity index is 2.56. The Morgan fingerprint density at radius 2 is 2.45 bits per heavy atom. The summed E-state index contributed by atoms with van der Waals surface area (Å²) in [6, 6.07) is 4.06. The van der Waals surface area contributed by atoms with Crippen molar-refractivity contribution in [1.82, 2.24) is 4.98 Å². The maximum Gasteiger partial charge on any atom is 0.0962 e. The highest BCUT2D eigenvalue weighted by molar-refractivity contribution is 7.99.